The van der Waals surface area contributed by atoms with Gasteiger partial charge in [0, 0.05) is 12.8 Å². The Kier molecular flexibility index (Phi) is 4.33. The molecule has 1 heterocycles. The molecule has 0 bridgehead atoms. The fourth-order valence-corrected chi connectivity index (χ4v) is 1.89. The molecule has 0 unspecified atom stereocenters. The van der Waals surface area contributed by atoms with E-state index >= 15 is 0 Å². The van der Waals surface area contributed by atoms with Gasteiger partial charge in [-0.2, -0.15) is 0 Å². The molecule has 6 heteroatoms. The number of ether oxygens (including phenoxy) is 1. The van der Waals surface area contributed by atoms with Crippen molar-refractivity contribution < 1.29 is 14.6 Å². The van der Waals surface area contributed by atoms with Crippen molar-refractivity contribution in [3.05, 3.63) is 11.4 Å². The largest absolute Gasteiger partial charge is 0.460 e. The monoisotopic (exact) mass is 224 g/mol. The zero-order valence-corrected chi connectivity index (χ0v) is 9.77. The number of hydrogen-bond acceptors (Lipinski definition) is 4. The number of carbonyl (C=O) groups excluding carboxylic acids is 1. The van der Waals surface area contributed by atoms with Crippen molar-refractivity contribution in [1.82, 2.24) is 4.81 Å². The van der Waals surface area contributed by atoms with Crippen molar-refractivity contribution in [2.75, 3.05) is 19.7 Å². The third-order valence-corrected chi connectivity index (χ3v) is 3.02. The van der Waals surface area contributed by atoms with Crippen LogP contribution in [0.4, 0.5) is 0 Å². The molecule has 1 rings (SSSR count). The summed E-state index contributed by atoms with van der Waals surface area (Å²) in [4.78, 5) is 17.0. The lowest BCUT2D eigenvalue weighted by molar-refractivity contribution is -0.149. The van der Waals surface area contributed by atoms with E-state index in [9.17, 15) is 9.82 Å². The van der Waals surface area contributed by atoms with E-state index in [1.807, 2.05) is 4.81 Å². The van der Waals surface area contributed by atoms with Crippen LogP contribution in [0.3, 0.4) is 0 Å². The quantitative estimate of drug-likeness (QED) is 0.428. The van der Waals surface area contributed by atoms with Gasteiger partial charge >= 0.3 is 18.6 Å². The summed E-state index contributed by atoms with van der Waals surface area (Å²) in [6.07, 6.45) is 0.862. The number of esters is 1. The molecule has 0 amide bonds. The van der Waals surface area contributed by atoms with Crippen LogP contribution < -0.4 is 0 Å². The van der Waals surface area contributed by atoms with Gasteiger partial charge in [0.25, 0.3) is 0 Å². The number of nitrogens with zero attached hydrogens (tertiary/aromatic N) is 2. The maximum absolute atomic E-state index is 11.7. The Morgan fingerprint density at radius 1 is 1.62 bits per heavy atom. The van der Waals surface area contributed by atoms with Gasteiger partial charge in [-0.1, -0.05) is 0 Å². The molecule has 1 fully saturated rings. The van der Waals surface area contributed by atoms with Crippen molar-refractivity contribution in [2.24, 2.45) is 0 Å². The minimum absolute atomic E-state index is 0.302. The predicted molar refractivity (Wildman–Crippen MR) is 60.6 cm³/mol. The zero-order valence-electron chi connectivity index (χ0n) is 9.77. The molecule has 0 atom stereocenters. The minimum atomic E-state index is -1.03. The molecule has 1 N–H and O–H groups in total. The van der Waals surface area contributed by atoms with Gasteiger partial charge in [-0.25, -0.2) is 11.4 Å². The van der Waals surface area contributed by atoms with Crippen LogP contribution in [-0.2, 0) is 9.53 Å². The lowest BCUT2D eigenvalue weighted by Gasteiger charge is -2.32. The lowest BCUT2D eigenvalue weighted by Crippen LogP contribution is -2.51. The molecule has 0 aromatic carbocycles. The molecular formula is C10H17BN2O3. The lowest BCUT2D eigenvalue weighted by atomic mass is 9.78. The average molecular weight is 224 g/mol. The molecule has 0 spiro atoms. The van der Waals surface area contributed by atoms with Crippen molar-refractivity contribution in [1.29, 1.82) is 0 Å². The Morgan fingerprint density at radius 2 is 2.19 bits per heavy atom. The third-order valence-electron chi connectivity index (χ3n) is 3.02. The van der Waals surface area contributed by atoms with Crippen LogP contribution in [0.15, 0.2) is 0 Å². The maximum Gasteiger partial charge on any atom is 0.393 e. The van der Waals surface area contributed by atoms with Gasteiger partial charge in [0.2, 0.25) is 0 Å². The Hall–Kier alpha value is -1.06. The van der Waals surface area contributed by atoms with Crippen LogP contribution in [0.5, 0.6) is 0 Å². The first-order valence-corrected chi connectivity index (χ1v) is 5.53. The van der Waals surface area contributed by atoms with E-state index in [4.69, 9.17) is 11.3 Å². The molecule has 0 saturated carbocycles. The van der Waals surface area contributed by atoms with Gasteiger partial charge in [-0.05, 0) is 26.8 Å². The second kappa shape index (κ2) is 5.33. The number of hydrogen-bond donors (Lipinski definition) is 1. The average Bonchev–Trinajstić information content (AvgIpc) is 2.29. The van der Waals surface area contributed by atoms with Gasteiger partial charge in [0.1, 0.15) is 0 Å². The standard InChI is InChI=1S/C10H17BN2O3/c1-4-16-9(14)10(12-3)5-7-13(8-6-10)11(2)15/h15H,4-8H2,1-2H3. The fourth-order valence-electron chi connectivity index (χ4n) is 1.89. The summed E-state index contributed by atoms with van der Waals surface area (Å²) in [6.45, 7) is 12.0. The van der Waals surface area contributed by atoms with Crippen LogP contribution in [0.1, 0.15) is 19.8 Å². The molecule has 88 valence electrons. The van der Waals surface area contributed by atoms with E-state index in [2.05, 4.69) is 4.85 Å². The minimum Gasteiger partial charge on any atom is -0.460 e. The summed E-state index contributed by atoms with van der Waals surface area (Å²) in [5.74, 6) is -0.421. The van der Waals surface area contributed by atoms with Crippen LogP contribution in [0.2, 0.25) is 6.82 Å². The number of rotatable bonds is 3. The summed E-state index contributed by atoms with van der Waals surface area (Å²) in [5.41, 5.74) is -1.03. The summed E-state index contributed by atoms with van der Waals surface area (Å²) < 4.78 is 4.94. The number of piperidine rings is 1. The summed E-state index contributed by atoms with van der Waals surface area (Å²) in [6, 6.07) is 0. The summed E-state index contributed by atoms with van der Waals surface area (Å²) in [7, 11) is -0.522. The highest BCUT2D eigenvalue weighted by Gasteiger charge is 2.50. The summed E-state index contributed by atoms with van der Waals surface area (Å²) in [5, 5.41) is 9.39. The number of carbonyl (C=O) groups is 1. The Bertz CT molecular complexity index is 293. The highest BCUT2D eigenvalue weighted by molar-refractivity contribution is 6.45. The van der Waals surface area contributed by atoms with Crippen LogP contribution in [0.25, 0.3) is 4.85 Å². The second-order valence-corrected chi connectivity index (χ2v) is 4.03. The van der Waals surface area contributed by atoms with E-state index in [0.29, 0.717) is 32.5 Å². The molecule has 0 aliphatic carbocycles. The van der Waals surface area contributed by atoms with Gasteiger partial charge < -0.3 is 14.6 Å². The van der Waals surface area contributed by atoms with Gasteiger partial charge in [0.15, 0.2) is 0 Å². The molecule has 5 nitrogen and oxygen atoms in total. The van der Waals surface area contributed by atoms with E-state index < -0.39 is 18.6 Å². The first-order valence-electron chi connectivity index (χ1n) is 5.53. The van der Waals surface area contributed by atoms with E-state index in [1.54, 1.807) is 13.7 Å². The molecular weight excluding hydrogens is 207 g/mol. The second-order valence-electron chi connectivity index (χ2n) is 4.03. The third kappa shape index (κ3) is 2.54. The molecule has 1 saturated heterocycles. The van der Waals surface area contributed by atoms with Crippen LogP contribution >= 0.6 is 0 Å². The smallest absolute Gasteiger partial charge is 0.393 e. The van der Waals surface area contributed by atoms with E-state index in [0.717, 1.165) is 0 Å². The molecule has 0 aromatic rings. The first kappa shape index (κ1) is 13.0. The van der Waals surface area contributed by atoms with Crippen molar-refractivity contribution >= 4 is 13.0 Å². The van der Waals surface area contributed by atoms with Crippen molar-refractivity contribution in [3.63, 3.8) is 0 Å². The Labute approximate surface area is 96.3 Å². The Morgan fingerprint density at radius 3 is 2.56 bits per heavy atom. The fraction of sp³-hybridized carbons (Fsp3) is 0.800. The van der Waals surface area contributed by atoms with Crippen LogP contribution in [0, 0.1) is 6.57 Å². The SMILES string of the molecule is [C-]#[N+]C1(C(=O)OCC)CCN(B(C)O)CC1. The van der Waals surface area contributed by atoms with E-state index in [-0.39, 0.29) is 0 Å². The highest BCUT2D eigenvalue weighted by atomic mass is 16.5. The van der Waals surface area contributed by atoms with Gasteiger partial charge in [-0.3, -0.25) is 4.85 Å². The van der Waals surface area contributed by atoms with Gasteiger partial charge in [-0.15, -0.1) is 0 Å². The molecule has 16 heavy (non-hydrogen) atoms. The molecule has 0 radical (unpaired) electrons. The Balaban J connectivity index is 2.66. The summed E-state index contributed by atoms with van der Waals surface area (Å²) >= 11 is 0. The zero-order chi connectivity index (χ0) is 12.2. The molecule has 1 aliphatic heterocycles. The van der Waals surface area contributed by atoms with E-state index in [1.165, 1.54) is 0 Å². The van der Waals surface area contributed by atoms with Crippen molar-refractivity contribution in [3.8, 4) is 0 Å². The molecule has 0 aromatic heterocycles. The van der Waals surface area contributed by atoms with Crippen LogP contribution in [-0.4, -0.2) is 48.1 Å². The van der Waals surface area contributed by atoms with Gasteiger partial charge in [0.05, 0.1) is 6.61 Å². The van der Waals surface area contributed by atoms with Crippen molar-refractivity contribution in [2.45, 2.75) is 32.1 Å². The topological polar surface area (TPSA) is 54.1 Å². The maximum atomic E-state index is 11.7. The predicted octanol–water partition coefficient (Wildman–Crippen LogP) is 0.414. The molecule has 1 aliphatic rings. The highest BCUT2D eigenvalue weighted by Crippen LogP contribution is 2.28. The first-order chi connectivity index (χ1) is 7.55. The normalized spacial score (nSPS) is 19.9.